The zero-order chi connectivity index (χ0) is 16.7. The number of hydrogen-bond acceptors (Lipinski definition) is 4. The van der Waals surface area contributed by atoms with Gasteiger partial charge in [0.1, 0.15) is 0 Å². The molecule has 2 aromatic rings. The Balaban J connectivity index is 2.03. The summed E-state index contributed by atoms with van der Waals surface area (Å²) in [5.74, 6) is 0.925. The lowest BCUT2D eigenvalue weighted by atomic mass is 10.2. The normalized spacial score (nSPS) is 10.6. The molecule has 0 spiro atoms. The Hall–Kier alpha value is -2.43. The third kappa shape index (κ3) is 5.06. The lowest BCUT2D eigenvalue weighted by Gasteiger charge is -2.20. The maximum absolute atomic E-state index is 12.0. The predicted molar refractivity (Wildman–Crippen MR) is 92.4 cm³/mol. The van der Waals surface area contributed by atoms with Crippen LogP contribution in [0.4, 0.5) is 5.95 Å². The molecule has 1 aromatic carbocycles. The number of rotatable bonds is 7. The molecule has 0 aliphatic carbocycles. The zero-order valence-corrected chi connectivity index (χ0v) is 14.0. The van der Waals surface area contributed by atoms with Crippen molar-refractivity contribution in [1.82, 2.24) is 15.3 Å². The van der Waals surface area contributed by atoms with E-state index in [1.54, 1.807) is 12.4 Å². The molecule has 0 saturated heterocycles. The second kappa shape index (κ2) is 8.27. The molecule has 0 unspecified atom stereocenters. The summed E-state index contributed by atoms with van der Waals surface area (Å²) in [6.07, 6.45) is 3.18. The van der Waals surface area contributed by atoms with E-state index in [9.17, 15) is 4.79 Å². The van der Waals surface area contributed by atoms with Gasteiger partial charge in [0.15, 0.2) is 0 Å². The first-order chi connectivity index (χ1) is 11.1. The number of carbonyl (C=O) groups is 1. The summed E-state index contributed by atoms with van der Waals surface area (Å²) in [6.45, 7) is 8.38. The van der Waals surface area contributed by atoms with Crippen LogP contribution in [0.5, 0.6) is 0 Å². The minimum Gasteiger partial charge on any atom is -0.352 e. The molecule has 0 saturated carbocycles. The standard InChI is InChI=1S/C18H24N4O/c1-4-22(13-15-8-6-5-7-9-15)18-20-11-16(12-21-18)17(23)19-10-14(2)3/h5-9,11-12,14H,4,10,13H2,1-3H3,(H,19,23). The van der Waals surface area contributed by atoms with Crippen LogP contribution < -0.4 is 10.2 Å². The average molecular weight is 312 g/mol. The number of hydrogen-bond donors (Lipinski definition) is 1. The topological polar surface area (TPSA) is 58.1 Å². The van der Waals surface area contributed by atoms with Crippen LogP contribution in [-0.4, -0.2) is 29.0 Å². The third-order valence-corrected chi connectivity index (χ3v) is 3.45. The molecule has 2 rings (SSSR count). The first kappa shape index (κ1) is 16.9. The first-order valence-corrected chi connectivity index (χ1v) is 7.99. The summed E-state index contributed by atoms with van der Waals surface area (Å²) in [5.41, 5.74) is 1.70. The fraction of sp³-hybridized carbons (Fsp3) is 0.389. The molecule has 0 bridgehead atoms. The molecule has 5 nitrogen and oxygen atoms in total. The van der Waals surface area contributed by atoms with Crippen LogP contribution in [0.2, 0.25) is 0 Å². The molecule has 0 aliphatic rings. The highest BCUT2D eigenvalue weighted by molar-refractivity contribution is 5.93. The van der Waals surface area contributed by atoms with Gasteiger partial charge >= 0.3 is 0 Å². The summed E-state index contributed by atoms with van der Waals surface area (Å²) in [5, 5.41) is 2.87. The number of anilines is 1. The highest BCUT2D eigenvalue weighted by Crippen LogP contribution is 2.12. The molecule has 1 heterocycles. The van der Waals surface area contributed by atoms with Crippen molar-refractivity contribution in [3.8, 4) is 0 Å². The van der Waals surface area contributed by atoms with Crippen molar-refractivity contribution in [2.24, 2.45) is 5.92 Å². The maximum Gasteiger partial charge on any atom is 0.254 e. The first-order valence-electron chi connectivity index (χ1n) is 7.99. The van der Waals surface area contributed by atoms with E-state index in [-0.39, 0.29) is 5.91 Å². The molecule has 23 heavy (non-hydrogen) atoms. The number of nitrogens with zero attached hydrogens (tertiary/aromatic N) is 3. The maximum atomic E-state index is 12.0. The van der Waals surface area contributed by atoms with Gasteiger partial charge in [0, 0.05) is 32.0 Å². The van der Waals surface area contributed by atoms with Crippen molar-refractivity contribution in [2.75, 3.05) is 18.0 Å². The molecule has 1 amide bonds. The van der Waals surface area contributed by atoms with Crippen LogP contribution in [0.15, 0.2) is 42.7 Å². The number of carbonyl (C=O) groups excluding carboxylic acids is 1. The molecule has 0 atom stereocenters. The second-order valence-corrected chi connectivity index (χ2v) is 5.88. The van der Waals surface area contributed by atoms with E-state index in [2.05, 4.69) is 53.1 Å². The highest BCUT2D eigenvalue weighted by atomic mass is 16.1. The molecule has 5 heteroatoms. The molecule has 0 fully saturated rings. The lowest BCUT2D eigenvalue weighted by Crippen LogP contribution is -2.28. The summed E-state index contributed by atoms with van der Waals surface area (Å²) >= 11 is 0. The Morgan fingerprint density at radius 1 is 1.17 bits per heavy atom. The van der Waals surface area contributed by atoms with Crippen LogP contribution >= 0.6 is 0 Å². The molecular weight excluding hydrogens is 288 g/mol. The number of nitrogens with one attached hydrogen (secondary N) is 1. The van der Waals surface area contributed by atoms with Crippen molar-refractivity contribution in [3.63, 3.8) is 0 Å². The summed E-state index contributed by atoms with van der Waals surface area (Å²) in [7, 11) is 0. The third-order valence-electron chi connectivity index (χ3n) is 3.45. The van der Waals surface area contributed by atoms with E-state index in [1.807, 2.05) is 18.2 Å². The van der Waals surface area contributed by atoms with Gasteiger partial charge in [0.25, 0.3) is 5.91 Å². The Bertz CT molecular complexity index is 611. The predicted octanol–water partition coefficient (Wildman–Crippen LogP) is 2.89. The molecule has 1 aromatic heterocycles. The summed E-state index contributed by atoms with van der Waals surface area (Å²) in [6, 6.07) is 10.2. The quantitative estimate of drug-likeness (QED) is 0.854. The largest absolute Gasteiger partial charge is 0.352 e. The Morgan fingerprint density at radius 2 is 1.83 bits per heavy atom. The summed E-state index contributed by atoms with van der Waals surface area (Å²) in [4.78, 5) is 22.8. The Morgan fingerprint density at radius 3 is 2.39 bits per heavy atom. The van der Waals surface area contributed by atoms with Crippen molar-refractivity contribution in [1.29, 1.82) is 0 Å². The molecule has 122 valence electrons. The van der Waals surface area contributed by atoms with Crippen LogP contribution in [0, 0.1) is 5.92 Å². The summed E-state index contributed by atoms with van der Waals surface area (Å²) < 4.78 is 0. The van der Waals surface area contributed by atoms with Crippen molar-refractivity contribution in [3.05, 3.63) is 53.9 Å². The van der Waals surface area contributed by atoms with E-state index in [0.29, 0.717) is 24.0 Å². The monoisotopic (exact) mass is 312 g/mol. The minimum absolute atomic E-state index is 0.128. The van der Waals surface area contributed by atoms with Gasteiger partial charge in [-0.15, -0.1) is 0 Å². The average Bonchev–Trinajstić information content (AvgIpc) is 2.58. The van der Waals surface area contributed by atoms with E-state index < -0.39 is 0 Å². The van der Waals surface area contributed by atoms with Gasteiger partial charge in [-0.3, -0.25) is 4.79 Å². The van der Waals surface area contributed by atoms with Crippen molar-refractivity contribution >= 4 is 11.9 Å². The number of aromatic nitrogens is 2. The minimum atomic E-state index is -0.128. The molecule has 1 N–H and O–H groups in total. The van der Waals surface area contributed by atoms with E-state index in [1.165, 1.54) is 5.56 Å². The highest BCUT2D eigenvalue weighted by Gasteiger charge is 2.11. The van der Waals surface area contributed by atoms with Gasteiger partial charge < -0.3 is 10.2 Å². The van der Waals surface area contributed by atoms with E-state index in [0.717, 1.165) is 13.1 Å². The second-order valence-electron chi connectivity index (χ2n) is 5.88. The van der Waals surface area contributed by atoms with Gasteiger partial charge in [0.05, 0.1) is 5.56 Å². The molecule has 0 aliphatic heterocycles. The van der Waals surface area contributed by atoms with Crippen LogP contribution in [0.1, 0.15) is 36.7 Å². The SMILES string of the molecule is CCN(Cc1ccccc1)c1ncc(C(=O)NCC(C)C)cn1. The molecular formula is C18H24N4O. The van der Waals surface area contributed by atoms with Gasteiger partial charge in [-0.05, 0) is 18.4 Å². The van der Waals surface area contributed by atoms with Crippen LogP contribution in [-0.2, 0) is 6.54 Å². The van der Waals surface area contributed by atoms with Crippen molar-refractivity contribution < 1.29 is 4.79 Å². The van der Waals surface area contributed by atoms with Gasteiger partial charge in [-0.25, -0.2) is 9.97 Å². The van der Waals surface area contributed by atoms with Crippen LogP contribution in [0.3, 0.4) is 0 Å². The van der Waals surface area contributed by atoms with Gasteiger partial charge in [-0.1, -0.05) is 44.2 Å². The smallest absolute Gasteiger partial charge is 0.254 e. The number of benzene rings is 1. The fourth-order valence-corrected chi connectivity index (χ4v) is 2.13. The van der Waals surface area contributed by atoms with E-state index in [4.69, 9.17) is 0 Å². The van der Waals surface area contributed by atoms with Crippen LogP contribution in [0.25, 0.3) is 0 Å². The Kier molecular flexibility index (Phi) is 6.09. The van der Waals surface area contributed by atoms with Gasteiger partial charge in [0.2, 0.25) is 5.95 Å². The molecule has 0 radical (unpaired) electrons. The number of amides is 1. The Labute approximate surface area is 137 Å². The van der Waals surface area contributed by atoms with E-state index >= 15 is 0 Å². The lowest BCUT2D eigenvalue weighted by molar-refractivity contribution is 0.0948. The van der Waals surface area contributed by atoms with Crippen molar-refractivity contribution in [2.45, 2.75) is 27.3 Å². The zero-order valence-electron chi connectivity index (χ0n) is 14.0. The fourth-order valence-electron chi connectivity index (χ4n) is 2.13. The van der Waals surface area contributed by atoms with Gasteiger partial charge in [-0.2, -0.15) is 0 Å².